The number of rotatable bonds is 6. The van der Waals surface area contributed by atoms with Gasteiger partial charge in [-0.05, 0) is 42.3 Å². The van der Waals surface area contributed by atoms with Gasteiger partial charge in [0.25, 0.3) is 5.91 Å². The van der Waals surface area contributed by atoms with Crippen LogP contribution in [0.5, 0.6) is 0 Å². The van der Waals surface area contributed by atoms with Crippen LogP contribution >= 0.6 is 0 Å². The highest BCUT2D eigenvalue weighted by atomic mass is 19.1. The third-order valence-electron chi connectivity index (χ3n) is 3.60. The minimum atomic E-state index is -0.471. The molecule has 0 radical (unpaired) electrons. The number of nitrogens with zero attached hydrogens (tertiary/aromatic N) is 2. The number of anilines is 2. The molecule has 0 bridgehead atoms. The molecule has 0 atom stereocenters. The van der Waals surface area contributed by atoms with Crippen LogP contribution in [0.3, 0.4) is 0 Å². The molecular weight excluding hydrogens is 338 g/mol. The van der Waals surface area contributed by atoms with Gasteiger partial charge in [-0.1, -0.05) is 18.2 Å². The summed E-state index contributed by atoms with van der Waals surface area (Å²) in [5.41, 5.74) is 1.47. The van der Waals surface area contributed by atoms with E-state index < -0.39 is 11.7 Å². The number of nitrogens with one attached hydrogen (secondary N) is 2. The van der Waals surface area contributed by atoms with Crippen molar-refractivity contribution in [3.8, 4) is 0 Å². The van der Waals surface area contributed by atoms with Gasteiger partial charge in [-0.2, -0.15) is 0 Å². The number of carbonyl (C=O) groups excluding carboxylic acids is 1. The Bertz CT molecular complexity index is 883. The van der Waals surface area contributed by atoms with Gasteiger partial charge >= 0.3 is 0 Å². The van der Waals surface area contributed by atoms with E-state index in [1.807, 2.05) is 0 Å². The quantitative estimate of drug-likeness (QED) is 0.709. The first-order valence-electron chi connectivity index (χ1n) is 7.97. The van der Waals surface area contributed by atoms with Crippen molar-refractivity contribution in [2.75, 3.05) is 17.2 Å². The number of halogens is 2. The number of hydrogen-bond acceptors (Lipinski definition) is 4. The standard InChI is InChI=1S/C19H16F2N4O/c20-14-6-4-13(5-7-14)8-9-22-18-12-23-17(11-24-18)19(26)25-16-3-1-2-15(21)10-16/h1-7,10-12H,8-9H2,(H,22,24)(H,25,26). The molecule has 2 N–H and O–H groups in total. The Kier molecular flexibility index (Phi) is 5.48. The monoisotopic (exact) mass is 354 g/mol. The zero-order valence-corrected chi connectivity index (χ0v) is 13.7. The van der Waals surface area contributed by atoms with Crippen molar-refractivity contribution in [2.45, 2.75) is 6.42 Å². The maximum absolute atomic E-state index is 13.1. The number of aromatic nitrogens is 2. The summed E-state index contributed by atoms with van der Waals surface area (Å²) in [6.07, 6.45) is 3.49. The topological polar surface area (TPSA) is 66.9 Å². The number of carbonyl (C=O) groups is 1. The summed E-state index contributed by atoms with van der Waals surface area (Å²) in [6, 6.07) is 11.9. The molecule has 132 valence electrons. The third kappa shape index (κ3) is 4.83. The first kappa shape index (κ1) is 17.5. The van der Waals surface area contributed by atoms with Crippen LogP contribution in [-0.4, -0.2) is 22.4 Å². The highest BCUT2D eigenvalue weighted by Gasteiger charge is 2.09. The average Bonchev–Trinajstić information content (AvgIpc) is 2.64. The fraction of sp³-hybridized carbons (Fsp3) is 0.105. The minimum absolute atomic E-state index is 0.123. The Morgan fingerprint density at radius 2 is 1.77 bits per heavy atom. The molecule has 0 aliphatic rings. The van der Waals surface area contributed by atoms with Crippen LogP contribution in [0.1, 0.15) is 16.1 Å². The normalized spacial score (nSPS) is 10.4. The lowest BCUT2D eigenvalue weighted by atomic mass is 10.1. The number of hydrogen-bond donors (Lipinski definition) is 2. The van der Waals surface area contributed by atoms with Gasteiger partial charge in [0, 0.05) is 12.2 Å². The molecule has 0 fully saturated rings. The zero-order chi connectivity index (χ0) is 18.4. The highest BCUT2D eigenvalue weighted by molar-refractivity contribution is 6.02. The molecule has 3 aromatic rings. The summed E-state index contributed by atoms with van der Waals surface area (Å²) in [5, 5.41) is 5.64. The zero-order valence-electron chi connectivity index (χ0n) is 13.7. The van der Waals surface area contributed by atoms with Crippen LogP contribution in [-0.2, 0) is 6.42 Å². The van der Waals surface area contributed by atoms with E-state index in [0.717, 1.165) is 5.56 Å². The lowest BCUT2D eigenvalue weighted by Gasteiger charge is -2.07. The predicted octanol–water partition coefficient (Wildman–Crippen LogP) is 3.66. The fourth-order valence-electron chi connectivity index (χ4n) is 2.28. The maximum Gasteiger partial charge on any atom is 0.275 e. The molecule has 0 aliphatic carbocycles. The minimum Gasteiger partial charge on any atom is -0.368 e. The van der Waals surface area contributed by atoms with E-state index in [4.69, 9.17) is 0 Å². The van der Waals surface area contributed by atoms with Crippen molar-refractivity contribution in [1.29, 1.82) is 0 Å². The molecule has 1 amide bonds. The smallest absolute Gasteiger partial charge is 0.275 e. The van der Waals surface area contributed by atoms with E-state index in [9.17, 15) is 13.6 Å². The van der Waals surface area contributed by atoms with Crippen LogP contribution in [0.4, 0.5) is 20.3 Å². The predicted molar refractivity (Wildman–Crippen MR) is 95.0 cm³/mol. The first-order chi connectivity index (χ1) is 12.6. The van der Waals surface area contributed by atoms with Crippen molar-refractivity contribution >= 4 is 17.4 Å². The molecule has 1 aromatic heterocycles. The van der Waals surface area contributed by atoms with E-state index in [-0.39, 0.29) is 11.5 Å². The number of amides is 1. The Labute approximate surface area is 149 Å². The van der Waals surface area contributed by atoms with Gasteiger partial charge < -0.3 is 10.6 Å². The molecular formula is C19H16F2N4O. The first-order valence-corrected chi connectivity index (χ1v) is 7.97. The summed E-state index contributed by atoms with van der Waals surface area (Å²) in [5.74, 6) is -0.648. The average molecular weight is 354 g/mol. The number of benzene rings is 2. The lowest BCUT2D eigenvalue weighted by molar-refractivity contribution is 0.102. The van der Waals surface area contributed by atoms with Crippen LogP contribution in [0.25, 0.3) is 0 Å². The molecule has 0 saturated carbocycles. The Balaban J connectivity index is 1.52. The molecule has 7 heteroatoms. The van der Waals surface area contributed by atoms with E-state index in [0.29, 0.717) is 24.5 Å². The maximum atomic E-state index is 13.1. The van der Waals surface area contributed by atoms with Crippen molar-refractivity contribution in [3.05, 3.63) is 83.8 Å². The van der Waals surface area contributed by atoms with E-state index in [1.54, 1.807) is 18.2 Å². The van der Waals surface area contributed by atoms with Gasteiger partial charge in [-0.25, -0.2) is 18.7 Å². The Hall–Kier alpha value is -3.35. The van der Waals surface area contributed by atoms with Crippen LogP contribution in [0, 0.1) is 11.6 Å². The summed E-state index contributed by atoms with van der Waals surface area (Å²) in [4.78, 5) is 20.3. The van der Waals surface area contributed by atoms with Crippen molar-refractivity contribution in [2.24, 2.45) is 0 Å². The van der Waals surface area contributed by atoms with Gasteiger partial charge in [-0.15, -0.1) is 0 Å². The molecule has 0 spiro atoms. The molecule has 3 rings (SSSR count). The van der Waals surface area contributed by atoms with Gasteiger partial charge in [0.1, 0.15) is 23.1 Å². The second-order valence-electron chi connectivity index (χ2n) is 5.55. The van der Waals surface area contributed by atoms with Crippen molar-refractivity contribution in [1.82, 2.24) is 9.97 Å². The Morgan fingerprint density at radius 1 is 0.962 bits per heavy atom. The van der Waals surface area contributed by atoms with Gasteiger partial charge in [0.2, 0.25) is 0 Å². The van der Waals surface area contributed by atoms with Crippen LogP contribution in [0.2, 0.25) is 0 Å². The third-order valence-corrected chi connectivity index (χ3v) is 3.60. The fourth-order valence-corrected chi connectivity index (χ4v) is 2.28. The van der Waals surface area contributed by atoms with Crippen LogP contribution < -0.4 is 10.6 Å². The van der Waals surface area contributed by atoms with Gasteiger partial charge in [-0.3, -0.25) is 4.79 Å². The lowest BCUT2D eigenvalue weighted by Crippen LogP contribution is -2.15. The van der Waals surface area contributed by atoms with Gasteiger partial charge in [0.05, 0.1) is 12.4 Å². The van der Waals surface area contributed by atoms with Crippen LogP contribution in [0.15, 0.2) is 60.9 Å². The molecule has 5 nitrogen and oxygen atoms in total. The highest BCUT2D eigenvalue weighted by Crippen LogP contribution is 2.11. The molecule has 0 unspecified atom stereocenters. The van der Waals surface area contributed by atoms with Crippen molar-refractivity contribution < 1.29 is 13.6 Å². The molecule has 1 heterocycles. The summed E-state index contributed by atoms with van der Waals surface area (Å²) < 4.78 is 26.0. The SMILES string of the molecule is O=C(Nc1cccc(F)c1)c1cnc(NCCc2ccc(F)cc2)cn1. The van der Waals surface area contributed by atoms with E-state index in [1.165, 1.54) is 42.7 Å². The molecule has 26 heavy (non-hydrogen) atoms. The molecule has 0 saturated heterocycles. The summed E-state index contributed by atoms with van der Waals surface area (Å²) in [6.45, 7) is 0.592. The summed E-state index contributed by atoms with van der Waals surface area (Å²) in [7, 11) is 0. The molecule has 0 aliphatic heterocycles. The van der Waals surface area contributed by atoms with Gasteiger partial charge in [0.15, 0.2) is 0 Å². The second-order valence-corrected chi connectivity index (χ2v) is 5.55. The molecule has 2 aromatic carbocycles. The largest absolute Gasteiger partial charge is 0.368 e. The van der Waals surface area contributed by atoms with E-state index in [2.05, 4.69) is 20.6 Å². The van der Waals surface area contributed by atoms with E-state index >= 15 is 0 Å². The second kappa shape index (κ2) is 8.15. The summed E-state index contributed by atoms with van der Waals surface area (Å²) >= 11 is 0. The van der Waals surface area contributed by atoms with Crippen molar-refractivity contribution in [3.63, 3.8) is 0 Å². The Morgan fingerprint density at radius 3 is 2.46 bits per heavy atom.